The largest absolute Gasteiger partial charge is 0.496 e. The molecule has 0 radical (unpaired) electrons. The second kappa shape index (κ2) is 6.53. The number of thiazole rings is 1. The van der Waals surface area contributed by atoms with Crippen LogP contribution in [0, 0.1) is 5.92 Å². The van der Waals surface area contributed by atoms with E-state index in [1.54, 1.807) is 13.3 Å². The van der Waals surface area contributed by atoms with Gasteiger partial charge in [0.05, 0.1) is 12.0 Å². The van der Waals surface area contributed by atoms with Gasteiger partial charge < -0.3 is 15.0 Å². The van der Waals surface area contributed by atoms with Gasteiger partial charge >= 0.3 is 0 Å². The van der Waals surface area contributed by atoms with Crippen LogP contribution in [0.2, 0.25) is 0 Å². The van der Waals surface area contributed by atoms with Gasteiger partial charge in [0, 0.05) is 30.9 Å². The molecule has 126 valence electrons. The summed E-state index contributed by atoms with van der Waals surface area (Å²) in [7, 11) is 1.65. The average Bonchev–Trinajstić information content (AvgIpc) is 3.22. The van der Waals surface area contributed by atoms with E-state index in [4.69, 9.17) is 4.74 Å². The molecule has 2 saturated heterocycles. The molecule has 1 amide bonds. The van der Waals surface area contributed by atoms with E-state index in [0.29, 0.717) is 5.01 Å². The number of fused-ring (bicyclic) bond motifs is 2. The van der Waals surface area contributed by atoms with Crippen LogP contribution < -0.4 is 10.1 Å². The molecular formula is C18H21N3O2S. The predicted molar refractivity (Wildman–Crippen MR) is 94.5 cm³/mol. The van der Waals surface area contributed by atoms with E-state index in [9.17, 15) is 4.79 Å². The molecule has 0 aliphatic carbocycles. The van der Waals surface area contributed by atoms with E-state index in [-0.39, 0.29) is 11.9 Å². The summed E-state index contributed by atoms with van der Waals surface area (Å²) in [6, 6.07) is 8.05. The first-order valence-corrected chi connectivity index (χ1v) is 9.17. The number of methoxy groups -OCH3 is 1. The van der Waals surface area contributed by atoms with E-state index in [2.05, 4.69) is 15.2 Å². The number of ether oxygens (including phenoxy) is 1. The van der Waals surface area contributed by atoms with Crippen LogP contribution in [0.1, 0.15) is 22.6 Å². The van der Waals surface area contributed by atoms with Crippen molar-refractivity contribution in [2.45, 2.75) is 18.9 Å². The van der Waals surface area contributed by atoms with Crippen LogP contribution in [0.5, 0.6) is 5.75 Å². The number of carbonyl (C=O) groups excluding carboxylic acids is 1. The summed E-state index contributed by atoms with van der Waals surface area (Å²) in [6.45, 7) is 3.33. The van der Waals surface area contributed by atoms with Crippen molar-refractivity contribution in [1.82, 2.24) is 15.2 Å². The van der Waals surface area contributed by atoms with Crippen LogP contribution in [0.3, 0.4) is 0 Å². The van der Waals surface area contributed by atoms with Gasteiger partial charge in [0.2, 0.25) is 0 Å². The molecule has 1 aromatic carbocycles. The highest BCUT2D eigenvalue weighted by molar-refractivity contribution is 7.17. The van der Waals surface area contributed by atoms with E-state index in [1.807, 2.05) is 24.3 Å². The fourth-order valence-corrected chi connectivity index (χ4v) is 4.61. The Bertz CT molecular complexity index is 733. The maximum absolute atomic E-state index is 12.5. The van der Waals surface area contributed by atoms with Crippen molar-refractivity contribution >= 4 is 17.2 Å². The first-order chi connectivity index (χ1) is 11.7. The van der Waals surface area contributed by atoms with E-state index < -0.39 is 0 Å². The number of aromatic nitrogens is 1. The number of hydrogen-bond acceptors (Lipinski definition) is 5. The highest BCUT2D eigenvalue weighted by Crippen LogP contribution is 2.33. The minimum Gasteiger partial charge on any atom is -0.496 e. The number of rotatable bonds is 4. The third-order valence-corrected chi connectivity index (χ3v) is 5.90. The summed E-state index contributed by atoms with van der Waals surface area (Å²) in [5.41, 5.74) is 0.971. The highest BCUT2D eigenvalue weighted by atomic mass is 32.1. The second-order valence-electron chi connectivity index (χ2n) is 6.55. The molecule has 2 aliphatic rings. The SMILES string of the molecule is COc1ccccc1-c1cnc(C(=O)N[C@@H]2C[C@@H]3CCN(C3)C2)s1. The lowest BCUT2D eigenvalue weighted by molar-refractivity contribution is 0.0909. The number of nitrogens with zero attached hydrogens (tertiary/aromatic N) is 2. The topological polar surface area (TPSA) is 54.5 Å². The van der Waals surface area contributed by atoms with Crippen LogP contribution in [-0.2, 0) is 0 Å². The van der Waals surface area contributed by atoms with Gasteiger partial charge in [0.1, 0.15) is 5.75 Å². The fourth-order valence-electron chi connectivity index (χ4n) is 3.76. The first kappa shape index (κ1) is 15.6. The quantitative estimate of drug-likeness (QED) is 0.927. The predicted octanol–water partition coefficient (Wildman–Crippen LogP) is 2.64. The monoisotopic (exact) mass is 343 g/mol. The zero-order valence-electron chi connectivity index (χ0n) is 13.7. The van der Waals surface area contributed by atoms with Crippen molar-refractivity contribution < 1.29 is 9.53 Å². The lowest BCUT2D eigenvalue weighted by Crippen LogP contribution is -2.46. The number of carbonyl (C=O) groups is 1. The van der Waals surface area contributed by atoms with E-state index >= 15 is 0 Å². The van der Waals surface area contributed by atoms with Crippen molar-refractivity contribution in [3.05, 3.63) is 35.5 Å². The van der Waals surface area contributed by atoms with Gasteiger partial charge in [-0.05, 0) is 37.4 Å². The normalized spacial score (nSPS) is 25.5. The molecule has 24 heavy (non-hydrogen) atoms. The zero-order chi connectivity index (χ0) is 16.5. The highest BCUT2D eigenvalue weighted by Gasteiger charge is 2.33. The number of amides is 1. The number of nitrogens with one attached hydrogen (secondary N) is 1. The molecule has 1 aromatic heterocycles. The summed E-state index contributed by atoms with van der Waals surface area (Å²) >= 11 is 1.41. The smallest absolute Gasteiger partial charge is 0.280 e. The van der Waals surface area contributed by atoms with Crippen molar-refractivity contribution in [3.8, 4) is 16.2 Å². The zero-order valence-corrected chi connectivity index (χ0v) is 14.5. The Morgan fingerprint density at radius 3 is 3.08 bits per heavy atom. The molecule has 1 N–H and O–H groups in total. The number of para-hydroxylation sites is 1. The molecule has 6 heteroatoms. The summed E-state index contributed by atoms with van der Waals surface area (Å²) in [4.78, 5) is 20.3. The summed E-state index contributed by atoms with van der Waals surface area (Å²) in [5.74, 6) is 1.47. The number of hydrogen-bond donors (Lipinski definition) is 1. The average molecular weight is 343 g/mol. The Hall–Kier alpha value is -1.92. The van der Waals surface area contributed by atoms with Crippen LogP contribution in [0.25, 0.3) is 10.4 Å². The minimum absolute atomic E-state index is 0.0614. The number of benzene rings is 1. The maximum atomic E-state index is 12.5. The Morgan fingerprint density at radius 1 is 1.38 bits per heavy atom. The summed E-state index contributed by atoms with van der Waals surface area (Å²) in [6.07, 6.45) is 4.11. The number of piperidine rings is 1. The van der Waals surface area contributed by atoms with Crippen LogP contribution in [0.4, 0.5) is 0 Å². The van der Waals surface area contributed by atoms with Gasteiger partial charge in [0.25, 0.3) is 5.91 Å². The van der Waals surface area contributed by atoms with Crippen molar-refractivity contribution in [1.29, 1.82) is 0 Å². The van der Waals surface area contributed by atoms with Gasteiger partial charge in [-0.25, -0.2) is 4.98 Å². The van der Waals surface area contributed by atoms with Crippen molar-refractivity contribution in [3.63, 3.8) is 0 Å². The standard InChI is InChI=1S/C18H21N3O2S/c1-23-15-5-3-2-4-14(15)16-9-19-18(24-16)17(22)20-13-8-12-6-7-21(10-12)11-13/h2-5,9,12-13H,6-8,10-11H2,1H3,(H,20,22)/t12-,13+/m0/s1. The lowest BCUT2D eigenvalue weighted by Gasteiger charge is -2.30. The molecule has 2 bridgehead atoms. The Labute approximate surface area is 145 Å². The van der Waals surface area contributed by atoms with E-state index in [1.165, 1.54) is 30.8 Å². The Kier molecular flexibility index (Phi) is 4.24. The van der Waals surface area contributed by atoms with Gasteiger partial charge in [-0.15, -0.1) is 11.3 Å². The molecular weight excluding hydrogens is 322 g/mol. The second-order valence-corrected chi connectivity index (χ2v) is 7.58. The van der Waals surface area contributed by atoms with Crippen LogP contribution >= 0.6 is 11.3 Å². The molecule has 3 atom stereocenters. The summed E-state index contributed by atoms with van der Waals surface area (Å²) in [5, 5.41) is 3.68. The molecule has 2 fully saturated rings. The van der Waals surface area contributed by atoms with Gasteiger partial charge in [0.15, 0.2) is 5.01 Å². The Balaban J connectivity index is 1.47. The maximum Gasteiger partial charge on any atom is 0.280 e. The van der Waals surface area contributed by atoms with Gasteiger partial charge in [-0.2, -0.15) is 0 Å². The van der Waals surface area contributed by atoms with Crippen LogP contribution in [0.15, 0.2) is 30.5 Å². The third kappa shape index (κ3) is 3.03. The van der Waals surface area contributed by atoms with Gasteiger partial charge in [-0.3, -0.25) is 4.79 Å². The molecule has 2 aliphatic heterocycles. The molecule has 2 aromatic rings. The first-order valence-electron chi connectivity index (χ1n) is 8.35. The van der Waals surface area contributed by atoms with Crippen molar-refractivity contribution in [2.24, 2.45) is 5.92 Å². The molecule has 1 unspecified atom stereocenters. The Morgan fingerprint density at radius 2 is 2.25 bits per heavy atom. The summed E-state index contributed by atoms with van der Waals surface area (Å²) < 4.78 is 5.39. The van der Waals surface area contributed by atoms with E-state index in [0.717, 1.165) is 35.1 Å². The minimum atomic E-state index is -0.0614. The van der Waals surface area contributed by atoms with Crippen molar-refractivity contribution in [2.75, 3.05) is 26.7 Å². The molecule has 3 heterocycles. The lowest BCUT2D eigenvalue weighted by atomic mass is 9.97. The molecule has 4 rings (SSSR count). The molecule has 0 spiro atoms. The third-order valence-electron chi connectivity index (χ3n) is 4.87. The molecule has 5 nitrogen and oxygen atoms in total. The fraction of sp³-hybridized carbons (Fsp3) is 0.444. The van der Waals surface area contributed by atoms with Gasteiger partial charge in [-0.1, -0.05) is 12.1 Å². The van der Waals surface area contributed by atoms with Crippen LogP contribution in [-0.4, -0.2) is 48.6 Å². The molecule has 0 saturated carbocycles.